The zero-order valence-corrected chi connectivity index (χ0v) is 10.5. The van der Waals surface area contributed by atoms with Crippen LogP contribution < -0.4 is 0 Å². The van der Waals surface area contributed by atoms with E-state index in [4.69, 9.17) is 0 Å². The van der Waals surface area contributed by atoms with E-state index in [9.17, 15) is 5.11 Å². The molecule has 1 rings (SSSR count). The van der Waals surface area contributed by atoms with Gasteiger partial charge >= 0.3 is 0 Å². The summed E-state index contributed by atoms with van der Waals surface area (Å²) < 4.78 is 0. The summed E-state index contributed by atoms with van der Waals surface area (Å²) in [7, 11) is 0. The number of aliphatic hydroxyl groups is 1. The molecule has 1 aromatic rings. The second kappa shape index (κ2) is 5.86. The minimum atomic E-state index is -0.113. The van der Waals surface area contributed by atoms with Crippen LogP contribution in [0.5, 0.6) is 0 Å². The van der Waals surface area contributed by atoms with E-state index in [2.05, 4.69) is 39.0 Å². The van der Waals surface area contributed by atoms with E-state index < -0.39 is 0 Å². The van der Waals surface area contributed by atoms with Crippen molar-refractivity contribution in [2.24, 2.45) is 0 Å². The predicted molar refractivity (Wildman–Crippen MR) is 69.5 cm³/mol. The van der Waals surface area contributed by atoms with E-state index >= 15 is 0 Å². The monoisotopic (exact) mass is 218 g/mol. The highest BCUT2D eigenvalue weighted by Gasteiger charge is 2.28. The third-order valence-electron chi connectivity index (χ3n) is 3.27. The molecule has 1 N–H and O–H groups in total. The molecule has 0 radical (unpaired) electrons. The highest BCUT2D eigenvalue weighted by Crippen LogP contribution is 2.32. The van der Waals surface area contributed by atoms with Crippen molar-refractivity contribution in [3.8, 4) is 0 Å². The van der Waals surface area contributed by atoms with E-state index in [1.165, 1.54) is 11.1 Å². The van der Waals surface area contributed by atoms with Gasteiger partial charge in [-0.15, -0.1) is 0 Å². The van der Waals surface area contributed by atoms with E-state index in [1.807, 2.05) is 18.2 Å². The van der Waals surface area contributed by atoms with Crippen molar-refractivity contribution in [3.05, 3.63) is 47.5 Å². The minimum Gasteiger partial charge on any atom is -0.395 e. The molecule has 0 aliphatic heterocycles. The van der Waals surface area contributed by atoms with Crippen LogP contribution in [0.4, 0.5) is 0 Å². The zero-order valence-electron chi connectivity index (χ0n) is 10.5. The van der Waals surface area contributed by atoms with Crippen molar-refractivity contribution in [2.45, 2.75) is 39.0 Å². The molecule has 16 heavy (non-hydrogen) atoms. The Balaban J connectivity index is 3.01. The molecule has 1 atom stereocenters. The number of hydrogen-bond donors (Lipinski definition) is 1. The highest BCUT2D eigenvalue weighted by molar-refractivity contribution is 5.26. The van der Waals surface area contributed by atoms with Crippen LogP contribution in [0.1, 0.15) is 39.2 Å². The molecule has 0 spiro atoms. The summed E-state index contributed by atoms with van der Waals surface area (Å²) in [6, 6.07) is 10.3. The van der Waals surface area contributed by atoms with E-state index in [0.717, 1.165) is 12.8 Å². The summed E-state index contributed by atoms with van der Waals surface area (Å²) in [6.45, 7) is 6.55. The summed E-state index contributed by atoms with van der Waals surface area (Å²) in [6.07, 6.45) is 4.08. The molecule has 0 aliphatic rings. The Labute approximate surface area is 98.8 Å². The molecule has 0 saturated heterocycles. The number of rotatable bonds is 5. The van der Waals surface area contributed by atoms with Gasteiger partial charge in [0.15, 0.2) is 0 Å². The van der Waals surface area contributed by atoms with Gasteiger partial charge in [-0.1, -0.05) is 48.9 Å². The van der Waals surface area contributed by atoms with Gasteiger partial charge in [0.05, 0.1) is 6.61 Å². The van der Waals surface area contributed by atoms with E-state index in [1.54, 1.807) is 0 Å². The summed E-state index contributed by atoms with van der Waals surface area (Å²) in [5, 5.41) is 9.71. The molecule has 88 valence electrons. The van der Waals surface area contributed by atoms with Crippen molar-refractivity contribution >= 4 is 0 Å². The largest absolute Gasteiger partial charge is 0.395 e. The zero-order chi connectivity index (χ0) is 12.0. The first kappa shape index (κ1) is 13.0. The maximum atomic E-state index is 9.71. The first-order valence-corrected chi connectivity index (χ1v) is 5.94. The normalized spacial score (nSPS) is 14.2. The average Bonchev–Trinajstić information content (AvgIpc) is 2.32. The lowest BCUT2D eigenvalue weighted by Gasteiger charge is -2.30. The lowest BCUT2D eigenvalue weighted by atomic mass is 9.76. The Morgan fingerprint density at radius 3 is 2.31 bits per heavy atom. The van der Waals surface area contributed by atoms with Gasteiger partial charge in [0.2, 0.25) is 0 Å². The van der Waals surface area contributed by atoms with Gasteiger partial charge in [-0.25, -0.2) is 0 Å². The van der Waals surface area contributed by atoms with Gasteiger partial charge in [0.25, 0.3) is 0 Å². The van der Waals surface area contributed by atoms with E-state index in [-0.39, 0.29) is 12.0 Å². The average molecular weight is 218 g/mol. The molecule has 0 aliphatic carbocycles. The van der Waals surface area contributed by atoms with Crippen LogP contribution in [0, 0.1) is 0 Å². The molecule has 1 heteroatoms. The summed E-state index contributed by atoms with van der Waals surface area (Å²) in [5.74, 6) is 0. The molecular weight excluding hydrogens is 196 g/mol. The minimum absolute atomic E-state index is 0.113. The molecule has 0 bridgehead atoms. The molecule has 1 unspecified atom stereocenters. The summed E-state index contributed by atoms with van der Waals surface area (Å²) >= 11 is 0. The Morgan fingerprint density at radius 2 is 1.88 bits per heavy atom. The predicted octanol–water partition coefficient (Wildman–Crippen LogP) is 3.68. The van der Waals surface area contributed by atoms with E-state index in [0.29, 0.717) is 0 Å². The SMILES string of the molecule is CCC(CO)(CC=C(C)C)c1ccccc1. The van der Waals surface area contributed by atoms with Gasteiger partial charge in [0, 0.05) is 5.41 Å². The molecule has 0 aromatic heterocycles. The third-order valence-corrected chi connectivity index (χ3v) is 3.27. The number of allylic oxidation sites excluding steroid dienone is 2. The topological polar surface area (TPSA) is 20.2 Å². The van der Waals surface area contributed by atoms with Crippen LogP contribution in [0.2, 0.25) is 0 Å². The van der Waals surface area contributed by atoms with Crippen molar-refractivity contribution in [2.75, 3.05) is 6.61 Å². The molecule has 0 fully saturated rings. The third kappa shape index (κ3) is 2.96. The molecule has 1 nitrogen and oxygen atoms in total. The smallest absolute Gasteiger partial charge is 0.0530 e. The lowest BCUT2D eigenvalue weighted by Crippen LogP contribution is -2.29. The van der Waals surface area contributed by atoms with Crippen LogP contribution in [0.15, 0.2) is 42.0 Å². The Morgan fingerprint density at radius 1 is 1.25 bits per heavy atom. The number of benzene rings is 1. The molecular formula is C15H22O. The first-order chi connectivity index (χ1) is 7.64. The van der Waals surface area contributed by atoms with Gasteiger partial charge in [-0.2, -0.15) is 0 Å². The van der Waals surface area contributed by atoms with Crippen molar-refractivity contribution in [3.63, 3.8) is 0 Å². The quantitative estimate of drug-likeness (QED) is 0.747. The summed E-state index contributed by atoms with van der Waals surface area (Å²) in [5.41, 5.74) is 2.43. The second-order valence-electron chi connectivity index (χ2n) is 4.64. The number of hydrogen-bond acceptors (Lipinski definition) is 1. The van der Waals surface area contributed by atoms with Crippen LogP contribution in [-0.4, -0.2) is 11.7 Å². The highest BCUT2D eigenvalue weighted by atomic mass is 16.3. The Bertz CT molecular complexity index is 330. The molecule has 0 saturated carbocycles. The fraction of sp³-hybridized carbons (Fsp3) is 0.467. The maximum absolute atomic E-state index is 9.71. The van der Waals surface area contributed by atoms with Crippen molar-refractivity contribution in [1.29, 1.82) is 0 Å². The number of aliphatic hydroxyl groups excluding tert-OH is 1. The molecule has 0 heterocycles. The van der Waals surface area contributed by atoms with Crippen molar-refractivity contribution in [1.82, 2.24) is 0 Å². The fourth-order valence-corrected chi connectivity index (χ4v) is 1.93. The molecule has 1 aromatic carbocycles. The first-order valence-electron chi connectivity index (χ1n) is 5.94. The second-order valence-corrected chi connectivity index (χ2v) is 4.64. The van der Waals surface area contributed by atoms with Gasteiger partial charge in [-0.05, 0) is 32.3 Å². The Kier molecular flexibility index (Phi) is 4.75. The van der Waals surface area contributed by atoms with Crippen LogP contribution >= 0.6 is 0 Å². The van der Waals surface area contributed by atoms with Gasteiger partial charge < -0.3 is 5.11 Å². The fourth-order valence-electron chi connectivity index (χ4n) is 1.93. The van der Waals surface area contributed by atoms with Crippen LogP contribution in [-0.2, 0) is 5.41 Å². The molecule has 0 amide bonds. The van der Waals surface area contributed by atoms with Gasteiger partial charge in [-0.3, -0.25) is 0 Å². The van der Waals surface area contributed by atoms with Gasteiger partial charge in [0.1, 0.15) is 0 Å². The summed E-state index contributed by atoms with van der Waals surface area (Å²) in [4.78, 5) is 0. The van der Waals surface area contributed by atoms with Crippen LogP contribution in [0.3, 0.4) is 0 Å². The van der Waals surface area contributed by atoms with Crippen LogP contribution in [0.25, 0.3) is 0 Å². The van der Waals surface area contributed by atoms with Crippen molar-refractivity contribution < 1.29 is 5.11 Å². The Hall–Kier alpha value is -1.08. The maximum Gasteiger partial charge on any atom is 0.0530 e. The lowest BCUT2D eigenvalue weighted by molar-refractivity contribution is 0.188. The standard InChI is InChI=1S/C15H22O/c1-4-15(12-16,11-10-13(2)3)14-8-6-5-7-9-14/h5-10,16H,4,11-12H2,1-3H3.